The molecule has 2 heterocycles. The van der Waals surface area contributed by atoms with Crippen LogP contribution in [0.15, 0.2) is 23.4 Å². The Bertz CT molecular complexity index is 359. The maximum Gasteiger partial charge on any atom is 0.0468 e. The lowest BCUT2D eigenvalue weighted by Gasteiger charge is -2.41. The Balaban J connectivity index is 2.32. The quantitative estimate of drug-likeness (QED) is 0.764. The molecular formula is C12H19N3S. The zero-order chi connectivity index (χ0) is 11.6. The van der Waals surface area contributed by atoms with E-state index in [2.05, 4.69) is 40.9 Å². The van der Waals surface area contributed by atoms with Gasteiger partial charge in [0.2, 0.25) is 0 Å². The number of nitrogens with zero attached hydrogens (tertiary/aromatic N) is 2. The fourth-order valence-corrected chi connectivity index (χ4v) is 2.80. The Labute approximate surface area is 103 Å². The molecule has 1 N–H and O–H groups in total. The Kier molecular flexibility index (Phi) is 3.52. The highest BCUT2D eigenvalue weighted by molar-refractivity contribution is 7.80. The highest BCUT2D eigenvalue weighted by Crippen LogP contribution is 2.35. The lowest BCUT2D eigenvalue weighted by Crippen LogP contribution is -2.49. The van der Waals surface area contributed by atoms with Crippen molar-refractivity contribution in [3.05, 3.63) is 24.0 Å². The van der Waals surface area contributed by atoms with Crippen molar-refractivity contribution in [1.29, 1.82) is 0 Å². The van der Waals surface area contributed by atoms with Gasteiger partial charge in [0.15, 0.2) is 0 Å². The number of rotatable bonds is 2. The molecule has 1 aliphatic heterocycles. The van der Waals surface area contributed by atoms with Crippen molar-refractivity contribution >= 4 is 12.6 Å². The second-order valence-electron chi connectivity index (χ2n) is 4.53. The summed E-state index contributed by atoms with van der Waals surface area (Å²) < 4.78 is 0. The van der Waals surface area contributed by atoms with Crippen LogP contribution in [-0.4, -0.2) is 37.1 Å². The van der Waals surface area contributed by atoms with Crippen molar-refractivity contribution in [2.45, 2.75) is 23.3 Å². The minimum atomic E-state index is 0.0759. The predicted molar refractivity (Wildman–Crippen MR) is 69.0 cm³/mol. The summed E-state index contributed by atoms with van der Waals surface area (Å²) in [6, 6.07) is 2.09. The first kappa shape index (κ1) is 11.9. The summed E-state index contributed by atoms with van der Waals surface area (Å²) in [6.07, 6.45) is 5.93. The molecule has 2 rings (SSSR count). The van der Waals surface area contributed by atoms with Crippen molar-refractivity contribution in [1.82, 2.24) is 15.2 Å². The number of hydrogen-bond donors (Lipinski definition) is 2. The number of piperidine rings is 1. The van der Waals surface area contributed by atoms with Crippen LogP contribution in [0.3, 0.4) is 0 Å². The minimum absolute atomic E-state index is 0.0759. The monoisotopic (exact) mass is 237 g/mol. The molecule has 1 aromatic rings. The standard InChI is InChI=1S/C12H19N3S/c1-13-12(4-7-15(2)8-5-12)10-3-6-14-9-11(10)16/h3,6,9,13,16H,4-5,7-8H2,1-2H3. The van der Waals surface area contributed by atoms with E-state index in [-0.39, 0.29) is 5.54 Å². The van der Waals surface area contributed by atoms with Gasteiger partial charge in [-0.2, -0.15) is 0 Å². The van der Waals surface area contributed by atoms with Gasteiger partial charge in [0.05, 0.1) is 0 Å². The fraction of sp³-hybridized carbons (Fsp3) is 0.583. The van der Waals surface area contributed by atoms with Crippen LogP contribution >= 0.6 is 12.6 Å². The maximum absolute atomic E-state index is 4.52. The van der Waals surface area contributed by atoms with E-state index in [1.807, 2.05) is 19.4 Å². The molecule has 0 aromatic carbocycles. The highest BCUT2D eigenvalue weighted by atomic mass is 32.1. The van der Waals surface area contributed by atoms with Crippen LogP contribution in [0.4, 0.5) is 0 Å². The smallest absolute Gasteiger partial charge is 0.0468 e. The van der Waals surface area contributed by atoms with Gasteiger partial charge >= 0.3 is 0 Å². The summed E-state index contributed by atoms with van der Waals surface area (Å²) in [5, 5.41) is 3.49. The summed E-state index contributed by atoms with van der Waals surface area (Å²) in [5.41, 5.74) is 1.36. The molecule has 88 valence electrons. The van der Waals surface area contributed by atoms with Crippen LogP contribution in [0.2, 0.25) is 0 Å². The average molecular weight is 237 g/mol. The first-order chi connectivity index (χ1) is 7.68. The zero-order valence-electron chi connectivity index (χ0n) is 9.90. The molecule has 0 unspecified atom stereocenters. The zero-order valence-corrected chi connectivity index (χ0v) is 10.8. The molecule has 16 heavy (non-hydrogen) atoms. The molecule has 0 aliphatic carbocycles. The van der Waals surface area contributed by atoms with Gasteiger partial charge in [-0.15, -0.1) is 12.6 Å². The molecule has 1 fully saturated rings. The highest BCUT2D eigenvalue weighted by Gasteiger charge is 2.34. The second-order valence-corrected chi connectivity index (χ2v) is 5.01. The van der Waals surface area contributed by atoms with Crippen molar-refractivity contribution in [3.63, 3.8) is 0 Å². The van der Waals surface area contributed by atoms with Gasteiger partial charge in [-0.3, -0.25) is 4.98 Å². The van der Waals surface area contributed by atoms with Crippen molar-refractivity contribution in [2.24, 2.45) is 0 Å². The number of nitrogens with one attached hydrogen (secondary N) is 1. The molecule has 0 saturated carbocycles. The summed E-state index contributed by atoms with van der Waals surface area (Å²) in [5.74, 6) is 0. The molecule has 1 aliphatic rings. The van der Waals surface area contributed by atoms with Crippen LogP contribution in [0.5, 0.6) is 0 Å². The molecule has 0 amide bonds. The SMILES string of the molecule is CNC1(c2ccncc2S)CCN(C)CC1. The molecule has 0 bridgehead atoms. The summed E-state index contributed by atoms with van der Waals surface area (Å²) in [4.78, 5) is 7.46. The van der Waals surface area contributed by atoms with Crippen molar-refractivity contribution < 1.29 is 0 Å². The average Bonchev–Trinajstić information content (AvgIpc) is 2.32. The number of aromatic nitrogens is 1. The van der Waals surface area contributed by atoms with E-state index in [1.54, 1.807) is 0 Å². The normalized spacial score (nSPS) is 20.9. The van der Waals surface area contributed by atoms with Gasteiger partial charge in [0.25, 0.3) is 0 Å². The van der Waals surface area contributed by atoms with E-state index < -0.39 is 0 Å². The second kappa shape index (κ2) is 4.73. The van der Waals surface area contributed by atoms with Gasteiger partial charge < -0.3 is 10.2 Å². The lowest BCUT2D eigenvalue weighted by atomic mass is 9.81. The lowest BCUT2D eigenvalue weighted by molar-refractivity contribution is 0.162. The molecule has 1 saturated heterocycles. The van der Waals surface area contributed by atoms with Gasteiger partial charge in [-0.05, 0) is 51.7 Å². The molecule has 0 radical (unpaired) electrons. The molecule has 3 nitrogen and oxygen atoms in total. The number of thiol groups is 1. The van der Waals surface area contributed by atoms with Gasteiger partial charge in [0, 0.05) is 22.8 Å². The van der Waals surface area contributed by atoms with E-state index in [0.29, 0.717) is 0 Å². The number of likely N-dealkylation sites (tertiary alicyclic amines) is 1. The van der Waals surface area contributed by atoms with E-state index in [9.17, 15) is 0 Å². The van der Waals surface area contributed by atoms with Crippen molar-refractivity contribution in [2.75, 3.05) is 27.2 Å². The Morgan fingerprint density at radius 2 is 2.12 bits per heavy atom. The third-order valence-electron chi connectivity index (χ3n) is 3.63. The first-order valence-corrected chi connectivity index (χ1v) is 6.13. The molecular weight excluding hydrogens is 218 g/mol. The third-order valence-corrected chi connectivity index (χ3v) is 3.99. The van der Waals surface area contributed by atoms with E-state index >= 15 is 0 Å². The van der Waals surface area contributed by atoms with Crippen LogP contribution in [0.1, 0.15) is 18.4 Å². The molecule has 0 atom stereocenters. The van der Waals surface area contributed by atoms with E-state index in [4.69, 9.17) is 0 Å². The van der Waals surface area contributed by atoms with Gasteiger partial charge in [0.1, 0.15) is 0 Å². The van der Waals surface area contributed by atoms with Crippen LogP contribution in [0.25, 0.3) is 0 Å². The Morgan fingerprint density at radius 3 is 2.69 bits per heavy atom. The van der Waals surface area contributed by atoms with Crippen LogP contribution < -0.4 is 5.32 Å². The predicted octanol–water partition coefficient (Wildman–Crippen LogP) is 1.51. The van der Waals surface area contributed by atoms with E-state index in [0.717, 1.165) is 30.8 Å². The van der Waals surface area contributed by atoms with E-state index in [1.165, 1.54) is 5.56 Å². The Hall–Kier alpha value is -0.580. The molecule has 0 spiro atoms. The molecule has 4 heteroatoms. The Morgan fingerprint density at radius 1 is 1.44 bits per heavy atom. The summed E-state index contributed by atoms with van der Waals surface area (Å²) >= 11 is 4.52. The summed E-state index contributed by atoms with van der Waals surface area (Å²) in [7, 11) is 4.21. The summed E-state index contributed by atoms with van der Waals surface area (Å²) in [6.45, 7) is 2.24. The van der Waals surface area contributed by atoms with Gasteiger partial charge in [-0.1, -0.05) is 0 Å². The number of pyridine rings is 1. The third kappa shape index (κ3) is 2.10. The van der Waals surface area contributed by atoms with Crippen LogP contribution in [-0.2, 0) is 5.54 Å². The van der Waals surface area contributed by atoms with Crippen LogP contribution in [0, 0.1) is 0 Å². The molecule has 1 aromatic heterocycles. The topological polar surface area (TPSA) is 28.2 Å². The van der Waals surface area contributed by atoms with Crippen molar-refractivity contribution in [3.8, 4) is 0 Å². The van der Waals surface area contributed by atoms with Gasteiger partial charge in [-0.25, -0.2) is 0 Å². The first-order valence-electron chi connectivity index (χ1n) is 5.69. The number of hydrogen-bond acceptors (Lipinski definition) is 4. The largest absolute Gasteiger partial charge is 0.310 e. The minimum Gasteiger partial charge on any atom is -0.310 e. The maximum atomic E-state index is 4.52. The fourth-order valence-electron chi connectivity index (χ4n) is 2.45.